The smallest absolute Gasteiger partial charge is 0.350 e. The van der Waals surface area contributed by atoms with Crippen LogP contribution in [0.25, 0.3) is 17.2 Å². The zero-order valence-corrected chi connectivity index (χ0v) is 17.2. The van der Waals surface area contributed by atoms with Crippen molar-refractivity contribution in [3.8, 4) is 11.5 Å². The van der Waals surface area contributed by atoms with E-state index in [-0.39, 0.29) is 29.6 Å². The van der Waals surface area contributed by atoms with E-state index in [1.807, 2.05) is 0 Å². The lowest BCUT2D eigenvalue weighted by molar-refractivity contribution is -0.141. The minimum Gasteiger partial charge on any atom is -0.350 e. The second-order valence-electron chi connectivity index (χ2n) is 7.83. The molecule has 4 aromatic rings. The third-order valence-corrected chi connectivity index (χ3v) is 5.61. The Balaban J connectivity index is 1.52. The van der Waals surface area contributed by atoms with Crippen LogP contribution in [0.15, 0.2) is 43.4 Å². The second-order valence-corrected chi connectivity index (χ2v) is 7.83. The van der Waals surface area contributed by atoms with E-state index in [0.29, 0.717) is 18.1 Å². The van der Waals surface area contributed by atoms with Crippen molar-refractivity contribution < 1.29 is 13.2 Å². The maximum Gasteiger partial charge on any atom is 0.434 e. The summed E-state index contributed by atoms with van der Waals surface area (Å²) in [4.78, 5) is 26.0. The molecule has 5 rings (SSSR count). The summed E-state index contributed by atoms with van der Waals surface area (Å²) in [6.45, 7) is 4.87. The van der Waals surface area contributed by atoms with Gasteiger partial charge in [0.1, 0.15) is 11.5 Å². The Morgan fingerprint density at radius 1 is 1.09 bits per heavy atom. The standard InChI is InChI=1S/C20H20F3N9/c1-11-8-31(12(2)18(29-11)13-5-24-10-28-13)16-3-4-25-19(30-16)14-6-27-17-7-26-15(9-32(14)17)20(21,22)23/h3-7,9-12,18,29H,8H2,1-2H3,(H,24,28). The van der Waals surface area contributed by atoms with Gasteiger partial charge in [0.25, 0.3) is 0 Å². The predicted octanol–water partition coefficient (Wildman–Crippen LogP) is 2.86. The van der Waals surface area contributed by atoms with Crippen molar-refractivity contribution in [2.75, 3.05) is 11.4 Å². The molecule has 4 aromatic heterocycles. The maximum absolute atomic E-state index is 13.1. The Hall–Kier alpha value is -3.54. The van der Waals surface area contributed by atoms with Crippen molar-refractivity contribution in [2.45, 2.75) is 38.1 Å². The van der Waals surface area contributed by atoms with Gasteiger partial charge in [-0.2, -0.15) is 13.2 Å². The first-order valence-corrected chi connectivity index (χ1v) is 10.1. The fourth-order valence-corrected chi connectivity index (χ4v) is 4.06. The molecular formula is C20H20F3N9. The molecule has 166 valence electrons. The Bertz CT molecular complexity index is 1230. The minimum absolute atomic E-state index is 0.0101. The van der Waals surface area contributed by atoms with Crippen LogP contribution in [0.5, 0.6) is 0 Å². The molecule has 0 spiro atoms. The molecule has 3 atom stereocenters. The molecule has 0 amide bonds. The number of hydrogen-bond donors (Lipinski definition) is 2. The summed E-state index contributed by atoms with van der Waals surface area (Å²) in [5.74, 6) is 0.964. The molecule has 1 saturated heterocycles. The van der Waals surface area contributed by atoms with Gasteiger partial charge in [0.15, 0.2) is 17.2 Å². The summed E-state index contributed by atoms with van der Waals surface area (Å²) in [6, 6.07) is 2.02. The number of fused-ring (bicyclic) bond motifs is 1. The minimum atomic E-state index is -4.56. The SMILES string of the molecule is CC1CN(c2ccnc(-c3cnc4cnc(C(F)(F)F)cn34)n2)C(C)C(c2cnc[nH]2)N1. The summed E-state index contributed by atoms with van der Waals surface area (Å²) in [5.41, 5.74) is 0.603. The third kappa shape index (κ3) is 3.55. The summed E-state index contributed by atoms with van der Waals surface area (Å²) < 4.78 is 40.8. The van der Waals surface area contributed by atoms with Gasteiger partial charge in [-0.1, -0.05) is 0 Å². The molecule has 0 bridgehead atoms. The van der Waals surface area contributed by atoms with Gasteiger partial charge < -0.3 is 15.2 Å². The maximum atomic E-state index is 13.1. The number of nitrogens with zero attached hydrogens (tertiary/aromatic N) is 7. The average molecular weight is 443 g/mol. The Labute approximate surface area is 180 Å². The molecule has 2 N–H and O–H groups in total. The van der Waals surface area contributed by atoms with Crippen LogP contribution in [0.2, 0.25) is 0 Å². The first kappa shape index (κ1) is 20.4. The highest BCUT2D eigenvalue weighted by Gasteiger charge is 2.35. The van der Waals surface area contributed by atoms with Gasteiger partial charge in [-0.05, 0) is 19.9 Å². The molecule has 0 aliphatic carbocycles. The molecule has 12 heteroatoms. The van der Waals surface area contributed by atoms with Crippen molar-refractivity contribution in [1.29, 1.82) is 0 Å². The molecule has 1 aliphatic rings. The molecule has 3 unspecified atom stereocenters. The molecule has 5 heterocycles. The van der Waals surface area contributed by atoms with E-state index in [1.165, 1.54) is 10.6 Å². The average Bonchev–Trinajstić information content (AvgIpc) is 3.44. The fourth-order valence-electron chi connectivity index (χ4n) is 4.06. The monoisotopic (exact) mass is 443 g/mol. The second kappa shape index (κ2) is 7.55. The van der Waals surface area contributed by atoms with Gasteiger partial charge in [-0.15, -0.1) is 0 Å². The van der Waals surface area contributed by atoms with Gasteiger partial charge in [-0.3, -0.25) is 4.40 Å². The Morgan fingerprint density at radius 3 is 2.69 bits per heavy atom. The van der Waals surface area contributed by atoms with E-state index < -0.39 is 11.9 Å². The van der Waals surface area contributed by atoms with Crippen LogP contribution in [0.3, 0.4) is 0 Å². The van der Waals surface area contributed by atoms with Crippen LogP contribution in [0.1, 0.15) is 31.3 Å². The highest BCUT2D eigenvalue weighted by atomic mass is 19.4. The highest BCUT2D eigenvalue weighted by molar-refractivity contribution is 5.58. The summed E-state index contributed by atoms with van der Waals surface area (Å²) in [5, 5.41) is 3.57. The van der Waals surface area contributed by atoms with Crippen molar-refractivity contribution >= 4 is 11.5 Å². The fraction of sp³-hybridized carbons (Fsp3) is 0.350. The lowest BCUT2D eigenvalue weighted by atomic mass is 9.99. The lowest BCUT2D eigenvalue weighted by Crippen LogP contribution is -2.56. The molecule has 1 aliphatic heterocycles. The van der Waals surface area contributed by atoms with Crippen molar-refractivity contribution in [1.82, 2.24) is 39.6 Å². The normalized spacial score (nSPS) is 21.9. The number of H-pyrrole nitrogens is 1. The van der Waals surface area contributed by atoms with Crippen LogP contribution >= 0.6 is 0 Å². The van der Waals surface area contributed by atoms with E-state index in [9.17, 15) is 13.2 Å². The van der Waals surface area contributed by atoms with E-state index in [0.717, 1.165) is 18.1 Å². The van der Waals surface area contributed by atoms with Crippen molar-refractivity contribution in [2.24, 2.45) is 0 Å². The van der Waals surface area contributed by atoms with Gasteiger partial charge in [0.05, 0.1) is 30.5 Å². The first-order valence-electron chi connectivity index (χ1n) is 10.1. The molecule has 0 saturated carbocycles. The largest absolute Gasteiger partial charge is 0.434 e. The van der Waals surface area contributed by atoms with Crippen LogP contribution < -0.4 is 10.2 Å². The molecule has 9 nitrogen and oxygen atoms in total. The number of halogens is 3. The number of nitrogens with one attached hydrogen (secondary N) is 2. The van der Waals surface area contributed by atoms with Gasteiger partial charge in [-0.25, -0.2) is 24.9 Å². The first-order chi connectivity index (χ1) is 15.3. The third-order valence-electron chi connectivity index (χ3n) is 5.61. The van der Waals surface area contributed by atoms with Crippen molar-refractivity contribution in [3.05, 3.63) is 54.8 Å². The lowest BCUT2D eigenvalue weighted by Gasteiger charge is -2.43. The number of aromatic nitrogens is 7. The van der Waals surface area contributed by atoms with Gasteiger partial charge >= 0.3 is 6.18 Å². The number of imidazole rings is 2. The number of anilines is 1. The topological polar surface area (TPSA) is 99.9 Å². The quantitative estimate of drug-likeness (QED) is 0.502. The zero-order valence-electron chi connectivity index (χ0n) is 17.2. The molecule has 0 aromatic carbocycles. The van der Waals surface area contributed by atoms with Crippen LogP contribution in [-0.4, -0.2) is 52.9 Å². The summed E-state index contributed by atoms with van der Waals surface area (Å²) in [7, 11) is 0. The Kier molecular flexibility index (Phi) is 4.81. The number of alkyl halides is 3. The number of rotatable bonds is 3. The predicted molar refractivity (Wildman–Crippen MR) is 110 cm³/mol. The summed E-state index contributed by atoms with van der Waals surface area (Å²) >= 11 is 0. The molecule has 0 radical (unpaired) electrons. The summed E-state index contributed by atoms with van der Waals surface area (Å²) in [6.07, 6.45) is 3.93. The molecular weight excluding hydrogens is 423 g/mol. The van der Waals surface area contributed by atoms with E-state index >= 15 is 0 Å². The van der Waals surface area contributed by atoms with E-state index in [4.69, 9.17) is 0 Å². The number of aromatic amines is 1. The van der Waals surface area contributed by atoms with Crippen molar-refractivity contribution in [3.63, 3.8) is 0 Å². The number of hydrogen-bond acceptors (Lipinski definition) is 7. The molecule has 1 fully saturated rings. The van der Waals surface area contributed by atoms with Crippen LogP contribution in [-0.2, 0) is 6.18 Å². The zero-order chi connectivity index (χ0) is 22.5. The van der Waals surface area contributed by atoms with Gasteiger partial charge in [0, 0.05) is 37.2 Å². The number of piperazine rings is 1. The highest BCUT2D eigenvalue weighted by Crippen LogP contribution is 2.30. The Morgan fingerprint density at radius 2 is 1.94 bits per heavy atom. The molecule has 32 heavy (non-hydrogen) atoms. The van der Waals surface area contributed by atoms with Crippen LogP contribution in [0, 0.1) is 0 Å². The van der Waals surface area contributed by atoms with E-state index in [1.54, 1.807) is 24.8 Å². The van der Waals surface area contributed by atoms with E-state index in [2.05, 4.69) is 54.0 Å². The van der Waals surface area contributed by atoms with Crippen LogP contribution in [0.4, 0.5) is 19.0 Å². The van der Waals surface area contributed by atoms with Gasteiger partial charge in [0.2, 0.25) is 0 Å².